The molecule has 1 N–H and O–H groups in total. The minimum atomic E-state index is 0.688. The normalized spacial score (nSPS) is 15.9. The molecule has 2 heteroatoms. The van der Waals surface area contributed by atoms with Gasteiger partial charge in [-0.05, 0) is 33.2 Å². The predicted molar refractivity (Wildman–Crippen MR) is 89.9 cm³/mol. The van der Waals surface area contributed by atoms with Crippen LogP contribution >= 0.6 is 0 Å². The Kier molecular flexibility index (Phi) is 8.68. The first kappa shape index (κ1) is 17.3. The Morgan fingerprint density at radius 3 is 2.10 bits per heavy atom. The zero-order chi connectivity index (χ0) is 14.8. The van der Waals surface area contributed by atoms with Crippen LogP contribution in [0.3, 0.4) is 0 Å². The van der Waals surface area contributed by atoms with Crippen molar-refractivity contribution in [3.05, 3.63) is 24.4 Å². The number of unbranched alkanes of at least 4 members (excludes halogenated alkanes) is 6. The van der Waals surface area contributed by atoms with Crippen molar-refractivity contribution in [2.24, 2.45) is 5.92 Å². The van der Waals surface area contributed by atoms with Gasteiger partial charge in [-0.15, -0.1) is 6.58 Å². The van der Waals surface area contributed by atoms with Crippen LogP contribution in [0.1, 0.15) is 58.3 Å². The van der Waals surface area contributed by atoms with E-state index in [9.17, 15) is 0 Å². The maximum absolute atomic E-state index is 4.15. The SMILES string of the molecule is C=C(C)CCCCCCCCCNC(=C)C1CN(C)C1. The molecule has 1 saturated heterocycles. The van der Waals surface area contributed by atoms with Gasteiger partial charge in [0, 0.05) is 31.2 Å². The predicted octanol–water partition coefficient (Wildman–Crippen LogP) is 4.35. The molecule has 0 aromatic carbocycles. The van der Waals surface area contributed by atoms with Crippen LogP contribution in [-0.4, -0.2) is 31.6 Å². The third-order valence-electron chi connectivity index (χ3n) is 4.19. The second-order valence-electron chi connectivity index (χ2n) is 6.55. The van der Waals surface area contributed by atoms with E-state index in [2.05, 4.69) is 37.3 Å². The lowest BCUT2D eigenvalue weighted by atomic mass is 9.98. The molecular formula is C18H34N2. The molecule has 0 amide bonds. The summed E-state index contributed by atoms with van der Waals surface area (Å²) >= 11 is 0. The van der Waals surface area contributed by atoms with Crippen LogP contribution in [-0.2, 0) is 0 Å². The molecule has 0 radical (unpaired) electrons. The molecule has 116 valence electrons. The van der Waals surface area contributed by atoms with Crippen LogP contribution in [0.5, 0.6) is 0 Å². The fraction of sp³-hybridized carbons (Fsp3) is 0.778. The molecule has 20 heavy (non-hydrogen) atoms. The highest BCUT2D eigenvalue weighted by molar-refractivity contribution is 5.04. The fourth-order valence-electron chi connectivity index (χ4n) is 2.75. The van der Waals surface area contributed by atoms with Gasteiger partial charge in [0.25, 0.3) is 0 Å². The van der Waals surface area contributed by atoms with Crippen molar-refractivity contribution < 1.29 is 0 Å². The number of allylic oxidation sites excluding steroid dienone is 1. The van der Waals surface area contributed by atoms with Crippen LogP contribution < -0.4 is 5.32 Å². The zero-order valence-electron chi connectivity index (χ0n) is 13.7. The summed E-state index contributed by atoms with van der Waals surface area (Å²) < 4.78 is 0. The molecule has 0 bridgehead atoms. The molecule has 0 aromatic heterocycles. The van der Waals surface area contributed by atoms with E-state index in [0.717, 1.165) is 6.54 Å². The Morgan fingerprint density at radius 1 is 1.00 bits per heavy atom. The van der Waals surface area contributed by atoms with Crippen molar-refractivity contribution in [1.29, 1.82) is 0 Å². The summed E-state index contributed by atoms with van der Waals surface area (Å²) in [4.78, 5) is 2.34. The van der Waals surface area contributed by atoms with Crippen LogP contribution in [0.4, 0.5) is 0 Å². The van der Waals surface area contributed by atoms with Crippen molar-refractivity contribution in [3.8, 4) is 0 Å². The van der Waals surface area contributed by atoms with Crippen molar-refractivity contribution in [2.75, 3.05) is 26.7 Å². The first-order valence-corrected chi connectivity index (χ1v) is 8.35. The third-order valence-corrected chi connectivity index (χ3v) is 4.19. The second kappa shape index (κ2) is 10.0. The van der Waals surface area contributed by atoms with Crippen LogP contribution in [0.2, 0.25) is 0 Å². The maximum Gasteiger partial charge on any atom is 0.0235 e. The quantitative estimate of drug-likeness (QED) is 0.422. The van der Waals surface area contributed by atoms with Crippen molar-refractivity contribution >= 4 is 0 Å². The molecular weight excluding hydrogens is 244 g/mol. The van der Waals surface area contributed by atoms with Gasteiger partial charge >= 0.3 is 0 Å². The molecule has 1 fully saturated rings. The topological polar surface area (TPSA) is 15.3 Å². The lowest BCUT2D eigenvalue weighted by Crippen LogP contribution is -2.46. The van der Waals surface area contributed by atoms with Crippen LogP contribution in [0.25, 0.3) is 0 Å². The summed E-state index contributed by atoms with van der Waals surface area (Å²) in [7, 11) is 2.17. The van der Waals surface area contributed by atoms with E-state index in [1.54, 1.807) is 0 Å². The highest BCUT2D eigenvalue weighted by Crippen LogP contribution is 2.18. The lowest BCUT2D eigenvalue weighted by Gasteiger charge is -2.37. The standard InChI is InChI=1S/C18H34N2/c1-16(2)12-10-8-6-5-7-9-11-13-19-17(3)18-14-20(4)15-18/h18-19H,1,3,5-15H2,2,4H3. The van der Waals surface area contributed by atoms with Gasteiger partial charge in [0.1, 0.15) is 0 Å². The van der Waals surface area contributed by atoms with Gasteiger partial charge in [-0.25, -0.2) is 0 Å². The molecule has 0 unspecified atom stereocenters. The Hall–Kier alpha value is -0.760. The fourth-order valence-corrected chi connectivity index (χ4v) is 2.75. The maximum atomic E-state index is 4.15. The number of nitrogens with one attached hydrogen (secondary N) is 1. The Morgan fingerprint density at radius 2 is 1.55 bits per heavy atom. The Labute approximate surface area is 126 Å². The van der Waals surface area contributed by atoms with Gasteiger partial charge < -0.3 is 10.2 Å². The number of likely N-dealkylation sites (tertiary alicyclic amines) is 1. The summed E-state index contributed by atoms with van der Waals surface area (Å²) in [6, 6.07) is 0. The van der Waals surface area contributed by atoms with Crippen molar-refractivity contribution in [3.63, 3.8) is 0 Å². The number of nitrogens with zero attached hydrogens (tertiary/aromatic N) is 1. The van der Waals surface area contributed by atoms with Gasteiger partial charge in [0.15, 0.2) is 0 Å². The summed E-state index contributed by atoms with van der Waals surface area (Å²) in [6.07, 6.45) is 10.7. The number of hydrogen-bond acceptors (Lipinski definition) is 2. The summed E-state index contributed by atoms with van der Waals surface area (Å²) in [6.45, 7) is 13.7. The number of hydrogen-bond donors (Lipinski definition) is 1. The van der Waals surface area contributed by atoms with E-state index in [1.807, 2.05) is 0 Å². The first-order chi connectivity index (χ1) is 9.59. The van der Waals surface area contributed by atoms with Gasteiger partial charge in [0.2, 0.25) is 0 Å². The summed E-state index contributed by atoms with van der Waals surface area (Å²) in [5.41, 5.74) is 2.58. The minimum absolute atomic E-state index is 0.688. The van der Waals surface area contributed by atoms with Crippen molar-refractivity contribution in [2.45, 2.75) is 58.3 Å². The second-order valence-corrected chi connectivity index (χ2v) is 6.55. The van der Waals surface area contributed by atoms with Gasteiger partial charge in [-0.2, -0.15) is 0 Å². The van der Waals surface area contributed by atoms with E-state index in [4.69, 9.17) is 0 Å². The van der Waals surface area contributed by atoms with Crippen molar-refractivity contribution in [1.82, 2.24) is 10.2 Å². The van der Waals surface area contributed by atoms with Crippen LogP contribution in [0, 0.1) is 5.92 Å². The smallest absolute Gasteiger partial charge is 0.0235 e. The summed E-state index contributed by atoms with van der Waals surface area (Å²) in [5, 5.41) is 3.50. The largest absolute Gasteiger partial charge is 0.389 e. The van der Waals surface area contributed by atoms with E-state index in [1.165, 1.54) is 75.7 Å². The van der Waals surface area contributed by atoms with E-state index >= 15 is 0 Å². The van der Waals surface area contributed by atoms with Gasteiger partial charge in [-0.1, -0.05) is 44.3 Å². The zero-order valence-corrected chi connectivity index (χ0v) is 13.7. The molecule has 0 atom stereocenters. The molecule has 1 rings (SSSR count). The molecule has 1 heterocycles. The average molecular weight is 278 g/mol. The molecule has 0 saturated carbocycles. The Bertz CT molecular complexity index is 290. The molecule has 2 nitrogen and oxygen atoms in total. The molecule has 0 aromatic rings. The molecule has 0 spiro atoms. The monoisotopic (exact) mass is 278 g/mol. The lowest BCUT2D eigenvalue weighted by molar-refractivity contribution is 0.156. The molecule has 0 aliphatic carbocycles. The minimum Gasteiger partial charge on any atom is -0.389 e. The van der Waals surface area contributed by atoms with E-state index in [-0.39, 0.29) is 0 Å². The van der Waals surface area contributed by atoms with E-state index < -0.39 is 0 Å². The first-order valence-electron chi connectivity index (χ1n) is 8.35. The third kappa shape index (κ3) is 7.74. The van der Waals surface area contributed by atoms with E-state index in [0.29, 0.717) is 5.92 Å². The summed E-state index contributed by atoms with van der Waals surface area (Å²) in [5.74, 6) is 0.688. The average Bonchev–Trinajstić information content (AvgIpc) is 2.36. The Balaban J connectivity index is 1.78. The van der Waals surface area contributed by atoms with Gasteiger partial charge in [-0.3, -0.25) is 0 Å². The molecule has 1 aliphatic heterocycles. The molecule has 1 aliphatic rings. The highest BCUT2D eigenvalue weighted by Gasteiger charge is 2.25. The van der Waals surface area contributed by atoms with Gasteiger partial charge in [0.05, 0.1) is 0 Å². The number of rotatable bonds is 12. The van der Waals surface area contributed by atoms with Crippen LogP contribution in [0.15, 0.2) is 24.4 Å². The highest BCUT2D eigenvalue weighted by atomic mass is 15.2.